The fourth-order valence-electron chi connectivity index (χ4n) is 3.43. The van der Waals surface area contributed by atoms with Crippen LogP contribution in [0, 0.1) is 0 Å². The van der Waals surface area contributed by atoms with Gasteiger partial charge in [0.1, 0.15) is 5.75 Å². The number of nitrogens with zero attached hydrogens (tertiary/aromatic N) is 2. The van der Waals surface area contributed by atoms with Crippen molar-refractivity contribution in [3.05, 3.63) is 77.9 Å². The molecule has 0 N–H and O–H groups in total. The highest BCUT2D eigenvalue weighted by atomic mass is 16.5. The SMILES string of the molecule is COc1ccc([C@@H]2CC(c3ccc4ccccc4c3)=NN2C(C)=O)cc1. The van der Waals surface area contributed by atoms with Gasteiger partial charge in [-0.05, 0) is 40.1 Å². The summed E-state index contributed by atoms with van der Waals surface area (Å²) in [5.41, 5.74) is 3.05. The predicted octanol–water partition coefficient (Wildman–Crippen LogP) is 4.55. The number of benzene rings is 3. The summed E-state index contributed by atoms with van der Waals surface area (Å²) in [4.78, 5) is 12.1. The minimum atomic E-state index is -0.0834. The van der Waals surface area contributed by atoms with Crippen molar-refractivity contribution in [3.63, 3.8) is 0 Å². The molecule has 0 spiro atoms. The number of ether oxygens (including phenoxy) is 1. The Hall–Kier alpha value is -3.14. The summed E-state index contributed by atoms with van der Waals surface area (Å²) >= 11 is 0. The lowest BCUT2D eigenvalue weighted by Gasteiger charge is -2.20. The second-order valence-corrected chi connectivity index (χ2v) is 6.47. The Kier molecular flexibility index (Phi) is 4.17. The predicted molar refractivity (Wildman–Crippen MR) is 103 cm³/mol. The van der Waals surface area contributed by atoms with Gasteiger partial charge in [0, 0.05) is 13.3 Å². The first kappa shape index (κ1) is 16.3. The third kappa shape index (κ3) is 2.94. The van der Waals surface area contributed by atoms with Gasteiger partial charge in [-0.25, -0.2) is 5.01 Å². The number of carbonyl (C=O) groups is 1. The standard InChI is InChI=1S/C22H20N2O2/c1-15(25)24-22(17-9-11-20(26-2)12-10-17)14-21(23-24)19-8-7-16-5-3-4-6-18(16)13-19/h3-13,22H,14H2,1-2H3/t22-/m0/s1. The van der Waals surface area contributed by atoms with Crippen molar-refractivity contribution >= 4 is 22.4 Å². The molecule has 0 unspecified atom stereocenters. The van der Waals surface area contributed by atoms with Crippen LogP contribution in [0.4, 0.5) is 0 Å². The Morgan fingerprint density at radius 2 is 1.77 bits per heavy atom. The average molecular weight is 344 g/mol. The van der Waals surface area contributed by atoms with Crippen molar-refractivity contribution in [2.45, 2.75) is 19.4 Å². The molecule has 0 fully saturated rings. The molecule has 1 heterocycles. The zero-order valence-corrected chi connectivity index (χ0v) is 14.8. The van der Waals surface area contributed by atoms with Crippen molar-refractivity contribution < 1.29 is 9.53 Å². The fraction of sp³-hybridized carbons (Fsp3) is 0.182. The van der Waals surface area contributed by atoms with Gasteiger partial charge in [-0.3, -0.25) is 4.79 Å². The number of hydrazone groups is 1. The quantitative estimate of drug-likeness (QED) is 0.700. The Labute approximate surface area is 152 Å². The summed E-state index contributed by atoms with van der Waals surface area (Å²) in [5.74, 6) is 0.749. The van der Waals surface area contributed by atoms with Gasteiger partial charge < -0.3 is 4.74 Å². The van der Waals surface area contributed by atoms with Gasteiger partial charge in [0.05, 0.1) is 18.9 Å². The van der Waals surface area contributed by atoms with Crippen LogP contribution in [-0.4, -0.2) is 23.7 Å². The lowest BCUT2D eigenvalue weighted by molar-refractivity contribution is -0.130. The molecule has 1 aliphatic heterocycles. The summed E-state index contributed by atoms with van der Waals surface area (Å²) in [5, 5.41) is 8.60. The molecule has 3 aromatic carbocycles. The zero-order chi connectivity index (χ0) is 18.1. The number of hydrogen-bond acceptors (Lipinski definition) is 3. The van der Waals surface area contributed by atoms with Crippen molar-refractivity contribution in [1.29, 1.82) is 0 Å². The molecular formula is C22H20N2O2. The van der Waals surface area contributed by atoms with E-state index in [-0.39, 0.29) is 11.9 Å². The Morgan fingerprint density at radius 3 is 2.46 bits per heavy atom. The lowest BCUT2D eigenvalue weighted by Crippen LogP contribution is -2.24. The minimum Gasteiger partial charge on any atom is -0.497 e. The van der Waals surface area contributed by atoms with Crippen molar-refractivity contribution in [2.75, 3.05) is 7.11 Å². The molecule has 0 aliphatic carbocycles. The molecule has 0 saturated heterocycles. The van der Waals surface area contributed by atoms with Gasteiger partial charge in [-0.2, -0.15) is 5.10 Å². The highest BCUT2D eigenvalue weighted by Crippen LogP contribution is 2.34. The first-order chi connectivity index (χ1) is 12.7. The van der Waals surface area contributed by atoms with Crippen LogP contribution in [0.15, 0.2) is 71.8 Å². The first-order valence-corrected chi connectivity index (χ1v) is 8.66. The Bertz CT molecular complexity index is 992. The van der Waals surface area contributed by atoms with Crippen LogP contribution in [0.2, 0.25) is 0 Å². The van der Waals surface area contributed by atoms with E-state index in [4.69, 9.17) is 4.74 Å². The lowest BCUT2D eigenvalue weighted by atomic mass is 9.97. The minimum absolute atomic E-state index is 0.0541. The highest BCUT2D eigenvalue weighted by Gasteiger charge is 2.31. The van der Waals surface area contributed by atoms with Crippen LogP contribution in [-0.2, 0) is 4.79 Å². The van der Waals surface area contributed by atoms with Gasteiger partial charge in [0.2, 0.25) is 5.91 Å². The van der Waals surface area contributed by atoms with Gasteiger partial charge >= 0.3 is 0 Å². The number of carbonyl (C=O) groups excluding carboxylic acids is 1. The van der Waals surface area contributed by atoms with E-state index in [1.54, 1.807) is 19.0 Å². The number of amides is 1. The summed E-state index contributed by atoms with van der Waals surface area (Å²) < 4.78 is 5.23. The number of methoxy groups -OCH3 is 1. The third-order valence-electron chi connectivity index (χ3n) is 4.82. The number of hydrogen-bond donors (Lipinski definition) is 0. The number of fused-ring (bicyclic) bond motifs is 1. The van der Waals surface area contributed by atoms with E-state index >= 15 is 0 Å². The molecule has 0 radical (unpaired) electrons. The molecule has 1 amide bonds. The van der Waals surface area contributed by atoms with Gasteiger partial charge in [0.15, 0.2) is 0 Å². The fourth-order valence-corrected chi connectivity index (χ4v) is 3.43. The van der Waals surface area contributed by atoms with Crippen LogP contribution < -0.4 is 4.74 Å². The maximum atomic E-state index is 12.1. The molecule has 0 bridgehead atoms. The van der Waals surface area contributed by atoms with E-state index in [0.717, 1.165) is 22.6 Å². The van der Waals surface area contributed by atoms with E-state index in [0.29, 0.717) is 6.42 Å². The molecule has 4 nitrogen and oxygen atoms in total. The highest BCUT2D eigenvalue weighted by molar-refractivity contribution is 6.05. The first-order valence-electron chi connectivity index (χ1n) is 8.66. The molecule has 0 aromatic heterocycles. The van der Waals surface area contributed by atoms with Crippen LogP contribution in [0.25, 0.3) is 10.8 Å². The Balaban J connectivity index is 1.68. The van der Waals surface area contributed by atoms with E-state index in [2.05, 4.69) is 35.4 Å². The average Bonchev–Trinajstić information content (AvgIpc) is 3.13. The van der Waals surface area contributed by atoms with E-state index in [1.165, 1.54) is 10.8 Å². The second kappa shape index (κ2) is 6.64. The molecule has 4 heteroatoms. The van der Waals surface area contributed by atoms with Crippen molar-refractivity contribution in [2.24, 2.45) is 5.10 Å². The van der Waals surface area contributed by atoms with Gasteiger partial charge in [-0.1, -0.05) is 48.5 Å². The van der Waals surface area contributed by atoms with Crippen LogP contribution in [0.5, 0.6) is 5.75 Å². The summed E-state index contributed by atoms with van der Waals surface area (Å²) in [6.07, 6.45) is 0.699. The second-order valence-electron chi connectivity index (χ2n) is 6.47. The normalized spacial score (nSPS) is 16.6. The van der Waals surface area contributed by atoms with Crippen LogP contribution in [0.3, 0.4) is 0 Å². The molecule has 1 atom stereocenters. The molecule has 1 aliphatic rings. The van der Waals surface area contributed by atoms with Crippen molar-refractivity contribution in [3.8, 4) is 5.75 Å². The molecule has 3 aromatic rings. The topological polar surface area (TPSA) is 41.9 Å². The monoisotopic (exact) mass is 344 g/mol. The maximum Gasteiger partial charge on any atom is 0.240 e. The van der Waals surface area contributed by atoms with Gasteiger partial charge in [0.25, 0.3) is 0 Å². The molecule has 0 saturated carbocycles. The maximum absolute atomic E-state index is 12.1. The molecule has 130 valence electrons. The smallest absolute Gasteiger partial charge is 0.240 e. The van der Waals surface area contributed by atoms with E-state index < -0.39 is 0 Å². The Morgan fingerprint density at radius 1 is 1.04 bits per heavy atom. The van der Waals surface area contributed by atoms with Crippen LogP contribution in [0.1, 0.15) is 30.5 Å². The molecule has 26 heavy (non-hydrogen) atoms. The summed E-state index contributed by atoms with van der Waals surface area (Å²) in [6, 6.07) is 22.3. The summed E-state index contributed by atoms with van der Waals surface area (Å²) in [7, 11) is 1.65. The number of rotatable bonds is 3. The zero-order valence-electron chi connectivity index (χ0n) is 14.8. The van der Waals surface area contributed by atoms with Gasteiger partial charge in [-0.15, -0.1) is 0 Å². The van der Waals surface area contributed by atoms with Crippen LogP contribution >= 0.6 is 0 Å². The molecular weight excluding hydrogens is 324 g/mol. The molecule has 4 rings (SSSR count). The summed E-state index contributed by atoms with van der Waals surface area (Å²) in [6.45, 7) is 1.56. The largest absolute Gasteiger partial charge is 0.497 e. The van der Waals surface area contributed by atoms with E-state index in [9.17, 15) is 4.79 Å². The van der Waals surface area contributed by atoms with Crippen molar-refractivity contribution in [1.82, 2.24) is 5.01 Å². The van der Waals surface area contributed by atoms with E-state index in [1.807, 2.05) is 36.4 Å². The third-order valence-corrected chi connectivity index (χ3v) is 4.82.